The number of nitro benzene ring substituents is 1. The molecule has 2 aliphatic rings. The number of amides is 3. The van der Waals surface area contributed by atoms with Gasteiger partial charge in [0, 0.05) is 12.1 Å². The highest BCUT2D eigenvalue weighted by Crippen LogP contribution is 2.31. The van der Waals surface area contributed by atoms with Crippen LogP contribution in [-0.2, 0) is 4.79 Å². The molecule has 0 spiro atoms. The van der Waals surface area contributed by atoms with E-state index < -0.39 is 34.9 Å². The van der Waals surface area contributed by atoms with Crippen molar-refractivity contribution in [2.75, 3.05) is 6.54 Å². The molecule has 1 N–H and O–H groups in total. The van der Waals surface area contributed by atoms with Gasteiger partial charge in [0.25, 0.3) is 17.5 Å². The van der Waals surface area contributed by atoms with Crippen molar-refractivity contribution in [2.45, 2.75) is 39.2 Å². The van der Waals surface area contributed by atoms with E-state index >= 15 is 0 Å². The van der Waals surface area contributed by atoms with E-state index in [0.29, 0.717) is 11.8 Å². The van der Waals surface area contributed by atoms with Crippen LogP contribution in [0.2, 0.25) is 0 Å². The van der Waals surface area contributed by atoms with Crippen LogP contribution in [0.25, 0.3) is 0 Å². The van der Waals surface area contributed by atoms with Crippen LogP contribution in [0.5, 0.6) is 0 Å². The Morgan fingerprint density at radius 2 is 2.00 bits per heavy atom. The Bertz CT molecular complexity index is 791. The highest BCUT2D eigenvalue weighted by atomic mass is 16.6. The second-order valence-corrected chi connectivity index (χ2v) is 7.09. The van der Waals surface area contributed by atoms with E-state index in [9.17, 15) is 24.5 Å². The number of rotatable bonds is 4. The van der Waals surface area contributed by atoms with E-state index in [4.69, 9.17) is 0 Å². The lowest BCUT2D eigenvalue weighted by molar-refractivity contribution is -0.385. The summed E-state index contributed by atoms with van der Waals surface area (Å²) in [5.74, 6) is -1.08. The second kappa shape index (κ2) is 6.86. The van der Waals surface area contributed by atoms with Gasteiger partial charge >= 0.3 is 0 Å². The lowest BCUT2D eigenvalue weighted by Gasteiger charge is -2.34. The van der Waals surface area contributed by atoms with Crippen molar-refractivity contribution in [3.8, 4) is 0 Å². The van der Waals surface area contributed by atoms with Gasteiger partial charge in [-0.3, -0.25) is 29.4 Å². The minimum absolute atomic E-state index is 0.00997. The van der Waals surface area contributed by atoms with E-state index in [1.54, 1.807) is 0 Å². The van der Waals surface area contributed by atoms with Gasteiger partial charge in [0.05, 0.1) is 10.5 Å². The maximum Gasteiger partial charge on any atom is 0.282 e. The third-order valence-corrected chi connectivity index (χ3v) is 5.53. The van der Waals surface area contributed by atoms with Gasteiger partial charge in [0.2, 0.25) is 5.91 Å². The van der Waals surface area contributed by atoms with Crippen molar-refractivity contribution in [3.63, 3.8) is 0 Å². The van der Waals surface area contributed by atoms with Crippen molar-refractivity contribution < 1.29 is 19.3 Å². The van der Waals surface area contributed by atoms with Crippen molar-refractivity contribution in [1.29, 1.82) is 0 Å². The number of nitrogens with zero attached hydrogens (tertiary/aromatic N) is 2. The van der Waals surface area contributed by atoms with Crippen molar-refractivity contribution >= 4 is 23.4 Å². The van der Waals surface area contributed by atoms with Gasteiger partial charge in [-0.2, -0.15) is 0 Å². The standard InChI is InChI=1S/C18H21N3O5/c1-10-5-3-7-13(11(10)2)19-15(22)9-20-17(23)12-6-4-8-14(21(25)26)16(12)18(20)24/h4,6,8,10-11,13H,3,5,7,9H2,1-2H3,(H,19,22)/t10-,11+,13-/m0/s1. The van der Waals surface area contributed by atoms with Crippen LogP contribution < -0.4 is 5.32 Å². The lowest BCUT2D eigenvalue weighted by atomic mass is 9.78. The van der Waals surface area contributed by atoms with Gasteiger partial charge in [-0.25, -0.2) is 0 Å². The van der Waals surface area contributed by atoms with Crippen LogP contribution in [0.3, 0.4) is 0 Å². The fourth-order valence-corrected chi connectivity index (χ4v) is 3.79. The van der Waals surface area contributed by atoms with Gasteiger partial charge < -0.3 is 5.32 Å². The molecule has 3 atom stereocenters. The largest absolute Gasteiger partial charge is 0.352 e. The van der Waals surface area contributed by atoms with Gasteiger partial charge in [-0.05, 0) is 24.3 Å². The number of carbonyl (C=O) groups excluding carboxylic acids is 3. The van der Waals surface area contributed by atoms with Gasteiger partial charge in [0.15, 0.2) is 0 Å². The number of nitro groups is 1. The van der Waals surface area contributed by atoms with Crippen molar-refractivity contribution in [1.82, 2.24) is 10.2 Å². The topological polar surface area (TPSA) is 110 Å². The maximum absolute atomic E-state index is 12.5. The molecule has 1 heterocycles. The number of hydrogen-bond acceptors (Lipinski definition) is 5. The molecule has 3 amide bonds. The number of benzene rings is 1. The Labute approximate surface area is 150 Å². The summed E-state index contributed by atoms with van der Waals surface area (Å²) < 4.78 is 0. The zero-order chi connectivity index (χ0) is 19.0. The molecular weight excluding hydrogens is 338 g/mol. The Morgan fingerprint density at radius 1 is 1.27 bits per heavy atom. The summed E-state index contributed by atoms with van der Waals surface area (Å²) in [5.41, 5.74) is -0.690. The van der Waals surface area contributed by atoms with Gasteiger partial charge in [-0.1, -0.05) is 32.8 Å². The van der Waals surface area contributed by atoms with Crippen LogP contribution in [0.4, 0.5) is 5.69 Å². The molecule has 1 aliphatic carbocycles. The molecule has 26 heavy (non-hydrogen) atoms. The summed E-state index contributed by atoms with van der Waals surface area (Å²) in [5, 5.41) is 14.0. The summed E-state index contributed by atoms with van der Waals surface area (Å²) in [6, 6.07) is 3.91. The number of fused-ring (bicyclic) bond motifs is 1. The highest BCUT2D eigenvalue weighted by molar-refractivity contribution is 6.24. The molecule has 0 aromatic heterocycles. The molecular formula is C18H21N3O5. The number of carbonyl (C=O) groups is 3. The zero-order valence-electron chi connectivity index (χ0n) is 14.7. The molecule has 1 aliphatic heterocycles. The fourth-order valence-electron chi connectivity index (χ4n) is 3.79. The monoisotopic (exact) mass is 359 g/mol. The first kappa shape index (κ1) is 18.0. The van der Waals surface area contributed by atoms with E-state index in [1.807, 2.05) is 0 Å². The van der Waals surface area contributed by atoms with Crippen LogP contribution in [0.15, 0.2) is 18.2 Å². The van der Waals surface area contributed by atoms with Crippen LogP contribution >= 0.6 is 0 Å². The molecule has 0 bridgehead atoms. The Morgan fingerprint density at radius 3 is 2.69 bits per heavy atom. The predicted octanol–water partition coefficient (Wildman–Crippen LogP) is 2.13. The molecule has 8 heteroatoms. The van der Waals surface area contributed by atoms with Crippen LogP contribution in [0.1, 0.15) is 53.8 Å². The normalized spacial score (nSPS) is 25.2. The average molecular weight is 359 g/mol. The smallest absolute Gasteiger partial charge is 0.282 e. The highest BCUT2D eigenvalue weighted by Gasteiger charge is 2.42. The number of nitrogens with one attached hydrogen (secondary N) is 1. The molecule has 138 valence electrons. The first-order chi connectivity index (χ1) is 12.3. The Hall–Kier alpha value is -2.77. The van der Waals surface area contributed by atoms with E-state index in [1.165, 1.54) is 18.2 Å². The molecule has 1 aromatic rings. The SMILES string of the molecule is C[C@H]1[C@@H](NC(=O)CN2C(=O)c3cccc([N+](=O)[O-])c3C2=O)CCC[C@@H]1C. The molecule has 0 radical (unpaired) electrons. The van der Waals surface area contributed by atoms with Crippen molar-refractivity contribution in [2.24, 2.45) is 11.8 Å². The molecule has 1 aromatic carbocycles. The maximum atomic E-state index is 12.5. The average Bonchev–Trinajstić information content (AvgIpc) is 2.84. The minimum Gasteiger partial charge on any atom is -0.352 e. The summed E-state index contributed by atoms with van der Waals surface area (Å²) in [6.07, 6.45) is 3.01. The quantitative estimate of drug-likeness (QED) is 0.503. The first-order valence-corrected chi connectivity index (χ1v) is 8.74. The van der Waals surface area contributed by atoms with Crippen molar-refractivity contribution in [3.05, 3.63) is 39.4 Å². The number of hydrogen-bond donors (Lipinski definition) is 1. The summed E-state index contributed by atoms with van der Waals surface area (Å²) in [7, 11) is 0. The van der Waals surface area contributed by atoms with E-state index in [-0.39, 0.29) is 17.2 Å². The first-order valence-electron chi connectivity index (χ1n) is 8.74. The predicted molar refractivity (Wildman–Crippen MR) is 92.6 cm³/mol. The fraction of sp³-hybridized carbons (Fsp3) is 0.500. The van der Waals surface area contributed by atoms with Gasteiger partial charge in [-0.15, -0.1) is 0 Å². The van der Waals surface area contributed by atoms with Crippen LogP contribution in [-0.4, -0.2) is 40.1 Å². The van der Waals surface area contributed by atoms with E-state index in [2.05, 4.69) is 19.2 Å². The number of imide groups is 1. The third-order valence-electron chi connectivity index (χ3n) is 5.53. The third kappa shape index (κ3) is 3.07. The molecule has 0 saturated heterocycles. The second-order valence-electron chi connectivity index (χ2n) is 7.09. The summed E-state index contributed by atoms with van der Waals surface area (Å²) in [6.45, 7) is 3.80. The molecule has 3 rings (SSSR count). The Kier molecular flexibility index (Phi) is 4.76. The Balaban J connectivity index is 1.74. The summed E-state index contributed by atoms with van der Waals surface area (Å²) >= 11 is 0. The molecule has 0 unspecified atom stereocenters. The van der Waals surface area contributed by atoms with E-state index in [0.717, 1.165) is 24.2 Å². The summed E-state index contributed by atoms with van der Waals surface area (Å²) in [4.78, 5) is 48.5. The minimum atomic E-state index is -0.794. The lowest BCUT2D eigenvalue weighted by Crippen LogP contribution is -2.48. The zero-order valence-corrected chi connectivity index (χ0v) is 14.7. The molecule has 8 nitrogen and oxygen atoms in total. The van der Waals surface area contributed by atoms with Gasteiger partial charge in [0.1, 0.15) is 12.1 Å². The van der Waals surface area contributed by atoms with Crippen LogP contribution in [0, 0.1) is 22.0 Å². The molecule has 1 fully saturated rings. The molecule has 1 saturated carbocycles.